The number of hydrogen-bond acceptors (Lipinski definition) is 2. The van der Waals surface area contributed by atoms with E-state index in [0.29, 0.717) is 18.7 Å². The summed E-state index contributed by atoms with van der Waals surface area (Å²) in [6.07, 6.45) is -3.91. The molecule has 1 aromatic rings. The summed E-state index contributed by atoms with van der Waals surface area (Å²) in [7, 11) is 0. The molecular formula is C18H23F3N2O2. The lowest BCUT2D eigenvalue weighted by molar-refractivity contribution is -0.137. The van der Waals surface area contributed by atoms with Gasteiger partial charge in [0.25, 0.3) is 0 Å². The van der Waals surface area contributed by atoms with Gasteiger partial charge >= 0.3 is 6.18 Å². The van der Waals surface area contributed by atoms with E-state index in [2.05, 4.69) is 5.32 Å². The SMILES string of the molecule is CC(C(=O)NC(C)(C)C)C1CCN(c2ccc(C(F)(F)F)cc2)C1=O. The zero-order chi connectivity index (χ0) is 19.0. The second kappa shape index (κ2) is 6.69. The fourth-order valence-corrected chi connectivity index (χ4v) is 2.92. The zero-order valence-corrected chi connectivity index (χ0v) is 14.8. The lowest BCUT2D eigenvalue weighted by Crippen LogP contribution is -2.45. The quantitative estimate of drug-likeness (QED) is 0.899. The smallest absolute Gasteiger partial charge is 0.351 e. The minimum absolute atomic E-state index is 0.194. The Morgan fingerprint density at radius 1 is 1.20 bits per heavy atom. The highest BCUT2D eigenvalue weighted by Crippen LogP contribution is 2.33. The molecule has 1 aliphatic rings. The average molecular weight is 356 g/mol. The summed E-state index contributed by atoms with van der Waals surface area (Å²) >= 11 is 0. The van der Waals surface area contributed by atoms with Crippen molar-refractivity contribution in [3.05, 3.63) is 29.8 Å². The van der Waals surface area contributed by atoms with E-state index in [4.69, 9.17) is 0 Å². The van der Waals surface area contributed by atoms with Gasteiger partial charge in [0.05, 0.1) is 11.5 Å². The van der Waals surface area contributed by atoms with Gasteiger partial charge in [-0.2, -0.15) is 13.2 Å². The number of carbonyl (C=O) groups is 2. The van der Waals surface area contributed by atoms with Gasteiger partial charge in [0.15, 0.2) is 0 Å². The highest BCUT2D eigenvalue weighted by molar-refractivity contribution is 5.99. The number of hydrogen-bond donors (Lipinski definition) is 1. The molecule has 0 bridgehead atoms. The van der Waals surface area contributed by atoms with Crippen LogP contribution >= 0.6 is 0 Å². The molecular weight excluding hydrogens is 333 g/mol. The van der Waals surface area contributed by atoms with E-state index >= 15 is 0 Å². The molecule has 25 heavy (non-hydrogen) atoms. The molecule has 0 saturated carbocycles. The van der Waals surface area contributed by atoms with Gasteiger partial charge in [-0.3, -0.25) is 9.59 Å². The third-order valence-electron chi connectivity index (χ3n) is 4.27. The topological polar surface area (TPSA) is 49.4 Å². The number of nitrogens with zero attached hydrogens (tertiary/aromatic N) is 1. The molecule has 138 valence electrons. The first-order chi connectivity index (χ1) is 11.4. The highest BCUT2D eigenvalue weighted by atomic mass is 19.4. The van der Waals surface area contributed by atoms with Crippen molar-refractivity contribution in [1.29, 1.82) is 0 Å². The largest absolute Gasteiger partial charge is 0.416 e. The molecule has 0 spiro atoms. The van der Waals surface area contributed by atoms with Crippen molar-refractivity contribution in [3.63, 3.8) is 0 Å². The van der Waals surface area contributed by atoms with Crippen molar-refractivity contribution in [1.82, 2.24) is 5.32 Å². The molecule has 0 radical (unpaired) electrons. The molecule has 2 amide bonds. The normalized spacial score (nSPS) is 19.9. The van der Waals surface area contributed by atoms with Crippen LogP contribution in [0.15, 0.2) is 24.3 Å². The molecule has 1 N–H and O–H groups in total. The van der Waals surface area contributed by atoms with Gasteiger partial charge < -0.3 is 10.2 Å². The number of amides is 2. The van der Waals surface area contributed by atoms with Crippen molar-refractivity contribution >= 4 is 17.5 Å². The number of anilines is 1. The Balaban J connectivity index is 2.10. The van der Waals surface area contributed by atoms with Crippen LogP contribution in [0.25, 0.3) is 0 Å². The second-order valence-corrected chi connectivity index (χ2v) is 7.46. The third kappa shape index (κ3) is 4.52. The van der Waals surface area contributed by atoms with Crippen molar-refractivity contribution in [2.45, 2.75) is 45.8 Å². The Morgan fingerprint density at radius 2 is 1.76 bits per heavy atom. The summed E-state index contributed by atoms with van der Waals surface area (Å²) in [6.45, 7) is 7.69. The summed E-state index contributed by atoms with van der Waals surface area (Å²) in [5.41, 5.74) is -0.721. The second-order valence-electron chi connectivity index (χ2n) is 7.46. The van der Waals surface area contributed by atoms with Crippen LogP contribution in [0.2, 0.25) is 0 Å². The molecule has 2 atom stereocenters. The summed E-state index contributed by atoms with van der Waals surface area (Å²) in [5, 5.41) is 2.86. The summed E-state index contributed by atoms with van der Waals surface area (Å²) < 4.78 is 37.9. The van der Waals surface area contributed by atoms with Gasteiger partial charge in [0.2, 0.25) is 11.8 Å². The van der Waals surface area contributed by atoms with Crippen LogP contribution in [-0.4, -0.2) is 23.9 Å². The van der Waals surface area contributed by atoms with Crippen LogP contribution in [0.3, 0.4) is 0 Å². The molecule has 2 unspecified atom stereocenters. The third-order valence-corrected chi connectivity index (χ3v) is 4.27. The fourth-order valence-electron chi connectivity index (χ4n) is 2.92. The van der Waals surface area contributed by atoms with Crippen LogP contribution in [0.5, 0.6) is 0 Å². The number of halogens is 3. The Bertz CT molecular complexity index is 648. The molecule has 1 aromatic carbocycles. The standard InChI is InChI=1S/C18H23F3N2O2/c1-11(15(24)22-17(2,3)4)14-9-10-23(16(14)25)13-7-5-12(6-8-13)18(19,20)21/h5-8,11,14H,9-10H2,1-4H3,(H,22,24). The predicted octanol–water partition coefficient (Wildman–Crippen LogP) is 3.61. The van der Waals surface area contributed by atoms with E-state index in [1.165, 1.54) is 17.0 Å². The van der Waals surface area contributed by atoms with Gasteiger partial charge in [-0.25, -0.2) is 0 Å². The Kier molecular flexibility index (Phi) is 5.16. The summed E-state index contributed by atoms with van der Waals surface area (Å²) in [6, 6.07) is 4.52. The van der Waals surface area contributed by atoms with Gasteiger partial charge in [-0.05, 0) is 51.5 Å². The highest BCUT2D eigenvalue weighted by Gasteiger charge is 2.39. The van der Waals surface area contributed by atoms with Crippen molar-refractivity contribution in [2.75, 3.05) is 11.4 Å². The Morgan fingerprint density at radius 3 is 2.24 bits per heavy atom. The lowest BCUT2D eigenvalue weighted by atomic mass is 9.91. The summed E-state index contributed by atoms with van der Waals surface area (Å²) in [5.74, 6) is -1.38. The maximum atomic E-state index is 12.6. The van der Waals surface area contributed by atoms with E-state index in [1.807, 2.05) is 20.8 Å². The first-order valence-corrected chi connectivity index (χ1v) is 8.21. The lowest BCUT2D eigenvalue weighted by Gasteiger charge is -2.25. The minimum atomic E-state index is -4.41. The number of carbonyl (C=O) groups excluding carboxylic acids is 2. The van der Waals surface area contributed by atoms with Crippen molar-refractivity contribution in [2.24, 2.45) is 11.8 Å². The van der Waals surface area contributed by atoms with Gasteiger partial charge in [0, 0.05) is 23.7 Å². The molecule has 1 saturated heterocycles. The molecule has 2 rings (SSSR count). The maximum Gasteiger partial charge on any atom is 0.416 e. The number of rotatable bonds is 3. The minimum Gasteiger partial charge on any atom is -0.351 e. The molecule has 1 aliphatic heterocycles. The molecule has 1 heterocycles. The van der Waals surface area contributed by atoms with E-state index < -0.39 is 23.6 Å². The van der Waals surface area contributed by atoms with Gasteiger partial charge in [-0.15, -0.1) is 0 Å². The van der Waals surface area contributed by atoms with Crippen LogP contribution in [0.1, 0.15) is 39.7 Å². The first-order valence-electron chi connectivity index (χ1n) is 8.21. The number of benzene rings is 1. The van der Waals surface area contributed by atoms with Crippen molar-refractivity contribution in [3.8, 4) is 0 Å². The fraction of sp³-hybridized carbons (Fsp3) is 0.556. The van der Waals surface area contributed by atoms with E-state index in [0.717, 1.165) is 12.1 Å². The molecule has 7 heteroatoms. The first kappa shape index (κ1) is 19.3. The molecule has 1 fully saturated rings. The average Bonchev–Trinajstić information content (AvgIpc) is 2.85. The van der Waals surface area contributed by atoms with Gasteiger partial charge in [0.1, 0.15) is 0 Å². The zero-order valence-electron chi connectivity index (χ0n) is 14.8. The Hall–Kier alpha value is -2.05. The number of nitrogens with one attached hydrogen (secondary N) is 1. The monoisotopic (exact) mass is 356 g/mol. The van der Waals surface area contributed by atoms with Crippen LogP contribution in [-0.2, 0) is 15.8 Å². The molecule has 4 nitrogen and oxygen atoms in total. The van der Waals surface area contributed by atoms with Crippen LogP contribution < -0.4 is 10.2 Å². The van der Waals surface area contributed by atoms with E-state index in [-0.39, 0.29) is 17.4 Å². The predicted molar refractivity (Wildman–Crippen MR) is 89.0 cm³/mol. The molecule has 0 aliphatic carbocycles. The summed E-state index contributed by atoms with van der Waals surface area (Å²) in [4.78, 5) is 26.4. The number of alkyl halides is 3. The van der Waals surface area contributed by atoms with E-state index in [9.17, 15) is 22.8 Å². The van der Waals surface area contributed by atoms with Gasteiger partial charge in [-0.1, -0.05) is 6.92 Å². The molecule has 0 aromatic heterocycles. The Labute approximate surface area is 145 Å². The van der Waals surface area contributed by atoms with Crippen LogP contribution in [0.4, 0.5) is 18.9 Å². The van der Waals surface area contributed by atoms with E-state index in [1.54, 1.807) is 6.92 Å². The van der Waals surface area contributed by atoms with Crippen molar-refractivity contribution < 1.29 is 22.8 Å². The van der Waals surface area contributed by atoms with Crippen LogP contribution in [0, 0.1) is 11.8 Å². The maximum absolute atomic E-state index is 12.6.